The van der Waals surface area contributed by atoms with Gasteiger partial charge in [0.05, 0.1) is 0 Å². The number of aromatic nitrogens is 1. The van der Waals surface area contributed by atoms with Crippen molar-refractivity contribution in [1.29, 1.82) is 0 Å². The van der Waals surface area contributed by atoms with Gasteiger partial charge in [0.15, 0.2) is 0 Å². The number of likely N-dealkylation sites (N-methyl/N-ethyl adjacent to an activating group) is 1. The molecule has 1 aromatic rings. The van der Waals surface area contributed by atoms with Crippen LogP contribution < -0.4 is 10.6 Å². The molecule has 1 unspecified atom stereocenters. The summed E-state index contributed by atoms with van der Waals surface area (Å²) in [4.78, 5) is 29.5. The highest BCUT2D eigenvalue weighted by molar-refractivity contribution is 5.93. The summed E-state index contributed by atoms with van der Waals surface area (Å²) in [6.45, 7) is 1.61. The molecule has 7 heteroatoms. The van der Waals surface area contributed by atoms with Crippen molar-refractivity contribution in [3.05, 3.63) is 24.0 Å². The van der Waals surface area contributed by atoms with E-state index in [1.54, 1.807) is 18.3 Å². The molecule has 120 valence electrons. The first-order valence-corrected chi connectivity index (χ1v) is 7.50. The Morgan fingerprint density at radius 2 is 2.09 bits per heavy atom. The summed E-state index contributed by atoms with van der Waals surface area (Å²) in [5.41, 5.74) is 1.03. The van der Waals surface area contributed by atoms with Crippen LogP contribution in [0.25, 0.3) is 0 Å². The molecule has 0 spiro atoms. The number of anilines is 1. The predicted molar refractivity (Wildman–Crippen MR) is 82.6 cm³/mol. The third-order valence-corrected chi connectivity index (χ3v) is 3.67. The van der Waals surface area contributed by atoms with Crippen LogP contribution in [0.4, 0.5) is 5.69 Å². The molecule has 3 N–H and O–H groups in total. The van der Waals surface area contributed by atoms with Crippen LogP contribution in [0.2, 0.25) is 0 Å². The minimum absolute atomic E-state index is 0.0705. The van der Waals surface area contributed by atoms with Crippen molar-refractivity contribution < 1.29 is 14.7 Å². The second-order valence-corrected chi connectivity index (χ2v) is 5.29. The molecule has 1 aliphatic heterocycles. The monoisotopic (exact) mass is 306 g/mol. The number of rotatable bonds is 5. The van der Waals surface area contributed by atoms with Crippen LogP contribution >= 0.6 is 0 Å². The van der Waals surface area contributed by atoms with Gasteiger partial charge >= 0.3 is 0 Å². The van der Waals surface area contributed by atoms with Crippen LogP contribution in [-0.4, -0.2) is 59.6 Å². The highest BCUT2D eigenvalue weighted by atomic mass is 16.3. The lowest BCUT2D eigenvalue weighted by molar-refractivity contribution is -0.128. The zero-order valence-corrected chi connectivity index (χ0v) is 12.7. The Labute approximate surface area is 129 Å². The molecular formula is C15H22N4O3. The number of carbonyl (C=O) groups is 2. The molecule has 1 fully saturated rings. The molecule has 0 aromatic carbocycles. The van der Waals surface area contributed by atoms with Crippen molar-refractivity contribution in [2.24, 2.45) is 0 Å². The fourth-order valence-electron chi connectivity index (χ4n) is 2.39. The number of nitrogens with one attached hydrogen (secondary N) is 2. The van der Waals surface area contributed by atoms with Gasteiger partial charge in [-0.2, -0.15) is 0 Å². The van der Waals surface area contributed by atoms with Crippen molar-refractivity contribution in [3.8, 4) is 0 Å². The summed E-state index contributed by atoms with van der Waals surface area (Å²) in [6, 6.07) is 3.34. The maximum Gasteiger partial charge on any atom is 0.272 e. The van der Waals surface area contributed by atoms with Crippen LogP contribution in [0.15, 0.2) is 18.3 Å². The number of pyridine rings is 1. The summed E-state index contributed by atoms with van der Waals surface area (Å²) < 4.78 is 0. The molecular weight excluding hydrogens is 284 g/mol. The summed E-state index contributed by atoms with van der Waals surface area (Å²) in [5.74, 6) is -0.527. The molecule has 1 aliphatic rings. The average Bonchev–Trinajstić information content (AvgIpc) is 2.59. The summed E-state index contributed by atoms with van der Waals surface area (Å²) >= 11 is 0. The number of hydrogen-bond donors (Lipinski definition) is 3. The molecule has 2 amide bonds. The fraction of sp³-hybridized carbons (Fsp3) is 0.533. The molecule has 0 aliphatic carbocycles. The Morgan fingerprint density at radius 1 is 1.36 bits per heavy atom. The average molecular weight is 306 g/mol. The van der Waals surface area contributed by atoms with E-state index in [4.69, 9.17) is 0 Å². The van der Waals surface area contributed by atoms with Gasteiger partial charge in [0.1, 0.15) is 11.8 Å². The van der Waals surface area contributed by atoms with E-state index in [9.17, 15) is 14.7 Å². The summed E-state index contributed by atoms with van der Waals surface area (Å²) in [7, 11) is 1.47. The van der Waals surface area contributed by atoms with Crippen molar-refractivity contribution in [2.75, 3.05) is 32.0 Å². The summed E-state index contributed by atoms with van der Waals surface area (Å²) in [5, 5.41) is 14.9. The Morgan fingerprint density at radius 3 is 2.77 bits per heavy atom. The Hall–Kier alpha value is -2.15. The Balaban J connectivity index is 1.97. The first-order chi connectivity index (χ1) is 10.6. The molecule has 1 saturated heterocycles. The number of aliphatic hydroxyl groups excluding tert-OH is 1. The van der Waals surface area contributed by atoms with Crippen LogP contribution in [0, 0.1) is 0 Å². The maximum absolute atomic E-state index is 12.4. The van der Waals surface area contributed by atoms with Gasteiger partial charge in [0.2, 0.25) is 5.91 Å². The fourth-order valence-corrected chi connectivity index (χ4v) is 2.39. The van der Waals surface area contributed by atoms with Crippen LogP contribution in [-0.2, 0) is 4.79 Å². The summed E-state index contributed by atoms with van der Waals surface area (Å²) in [6.07, 6.45) is 3.63. The number of piperidine rings is 1. The minimum Gasteiger partial charge on any atom is -0.382 e. The third-order valence-electron chi connectivity index (χ3n) is 3.67. The van der Waals surface area contributed by atoms with Gasteiger partial charge in [0.25, 0.3) is 5.91 Å². The first kappa shape index (κ1) is 16.2. The van der Waals surface area contributed by atoms with Crippen molar-refractivity contribution in [2.45, 2.75) is 25.4 Å². The molecule has 0 saturated carbocycles. The van der Waals surface area contributed by atoms with Gasteiger partial charge in [0, 0.05) is 38.6 Å². The zero-order chi connectivity index (χ0) is 15.9. The van der Waals surface area contributed by atoms with Crippen molar-refractivity contribution in [3.63, 3.8) is 0 Å². The van der Waals surface area contributed by atoms with E-state index in [0.717, 1.165) is 32.4 Å². The lowest BCUT2D eigenvalue weighted by Gasteiger charge is -2.26. The molecule has 7 nitrogen and oxygen atoms in total. The van der Waals surface area contributed by atoms with Crippen LogP contribution in [0.5, 0.6) is 0 Å². The van der Waals surface area contributed by atoms with Gasteiger partial charge in [-0.25, -0.2) is 0 Å². The predicted octanol–water partition coefficient (Wildman–Crippen LogP) is 0.226. The van der Waals surface area contributed by atoms with Crippen molar-refractivity contribution >= 4 is 17.5 Å². The SMILES string of the molecule is CNC(=O)C(O)CNc1ccnc(C(=O)N2CCCCC2)c1. The number of amides is 2. The largest absolute Gasteiger partial charge is 0.382 e. The van der Waals surface area contributed by atoms with Gasteiger partial charge in [-0.15, -0.1) is 0 Å². The second-order valence-electron chi connectivity index (χ2n) is 5.29. The first-order valence-electron chi connectivity index (χ1n) is 7.50. The van der Waals surface area contributed by atoms with Crippen molar-refractivity contribution in [1.82, 2.24) is 15.2 Å². The number of carbonyl (C=O) groups excluding carboxylic acids is 2. The third kappa shape index (κ3) is 4.17. The van der Waals surface area contributed by atoms with E-state index in [-0.39, 0.29) is 12.5 Å². The van der Waals surface area contributed by atoms with E-state index in [0.29, 0.717) is 11.4 Å². The highest BCUT2D eigenvalue weighted by Gasteiger charge is 2.19. The number of hydrogen-bond acceptors (Lipinski definition) is 5. The van der Waals surface area contributed by atoms with Crippen LogP contribution in [0.1, 0.15) is 29.8 Å². The standard InChI is InChI=1S/C15H22N4O3/c1-16-14(21)13(20)10-18-11-5-6-17-12(9-11)15(22)19-7-3-2-4-8-19/h5-6,9,13,20H,2-4,7-8,10H2,1H3,(H,16,21)(H,17,18). The Bertz CT molecular complexity index is 529. The molecule has 22 heavy (non-hydrogen) atoms. The molecule has 0 bridgehead atoms. The van der Waals surface area contributed by atoms with E-state index >= 15 is 0 Å². The molecule has 2 rings (SSSR count). The lowest BCUT2D eigenvalue weighted by Crippen LogP contribution is -2.37. The van der Waals surface area contributed by atoms with Gasteiger partial charge in [-0.3, -0.25) is 14.6 Å². The minimum atomic E-state index is -1.14. The normalized spacial score (nSPS) is 16.0. The molecule has 0 radical (unpaired) electrons. The zero-order valence-electron chi connectivity index (χ0n) is 12.7. The van der Waals surface area contributed by atoms with Gasteiger partial charge in [-0.1, -0.05) is 0 Å². The number of aliphatic hydroxyl groups is 1. The number of nitrogens with zero attached hydrogens (tertiary/aromatic N) is 2. The second kappa shape index (κ2) is 7.74. The smallest absolute Gasteiger partial charge is 0.272 e. The van der Waals surface area contributed by atoms with Crippen LogP contribution in [0.3, 0.4) is 0 Å². The number of likely N-dealkylation sites (tertiary alicyclic amines) is 1. The van der Waals surface area contributed by atoms with E-state index in [1.807, 2.05) is 4.90 Å². The van der Waals surface area contributed by atoms with E-state index in [1.165, 1.54) is 7.05 Å². The topological polar surface area (TPSA) is 94.6 Å². The lowest BCUT2D eigenvalue weighted by atomic mass is 10.1. The van der Waals surface area contributed by atoms with Gasteiger partial charge < -0.3 is 20.6 Å². The molecule has 1 aromatic heterocycles. The Kier molecular flexibility index (Phi) is 5.71. The van der Waals surface area contributed by atoms with Gasteiger partial charge in [-0.05, 0) is 31.4 Å². The van der Waals surface area contributed by atoms with E-state index < -0.39 is 12.0 Å². The quantitative estimate of drug-likeness (QED) is 0.724. The maximum atomic E-state index is 12.4. The highest BCUT2D eigenvalue weighted by Crippen LogP contribution is 2.14. The molecule has 2 heterocycles. The van der Waals surface area contributed by atoms with E-state index in [2.05, 4.69) is 15.6 Å². The molecule has 1 atom stereocenters.